The summed E-state index contributed by atoms with van der Waals surface area (Å²) in [6.07, 6.45) is 3.77. The molecule has 2 atom stereocenters. The van der Waals surface area contributed by atoms with Crippen LogP contribution in [0, 0.1) is 0 Å². The Morgan fingerprint density at radius 3 is 2.72 bits per heavy atom. The number of hydrogen-bond donors (Lipinski definition) is 2. The number of benzene rings is 1. The molecule has 1 saturated carbocycles. The predicted molar refractivity (Wildman–Crippen MR) is 74.0 cm³/mol. The van der Waals surface area contributed by atoms with Crippen molar-refractivity contribution in [1.29, 1.82) is 0 Å². The van der Waals surface area contributed by atoms with Crippen molar-refractivity contribution in [1.82, 2.24) is 0 Å². The van der Waals surface area contributed by atoms with Gasteiger partial charge in [0.05, 0.1) is 18.8 Å². The maximum Gasteiger partial charge on any atom is 0.0743 e. The van der Waals surface area contributed by atoms with E-state index in [0.717, 1.165) is 36.9 Å². The first-order chi connectivity index (χ1) is 8.65. The molecule has 2 N–H and O–H groups in total. The standard InChI is InChI=1S/C14H20ClNO2/c1-16(13-6-2-3-8-14(13)18)12-7-4-5-11(15)10(12)9-17/h4-5,7,13-14,17-18H,2-3,6,8-9H2,1H3. The summed E-state index contributed by atoms with van der Waals surface area (Å²) in [5, 5.41) is 20.1. The number of rotatable bonds is 3. The lowest BCUT2D eigenvalue weighted by molar-refractivity contribution is 0.106. The minimum Gasteiger partial charge on any atom is -0.392 e. The number of halogens is 1. The molecule has 18 heavy (non-hydrogen) atoms. The summed E-state index contributed by atoms with van der Waals surface area (Å²) in [5.74, 6) is 0. The van der Waals surface area contributed by atoms with Gasteiger partial charge in [-0.1, -0.05) is 30.5 Å². The van der Waals surface area contributed by atoms with Gasteiger partial charge in [0.25, 0.3) is 0 Å². The predicted octanol–water partition coefficient (Wildman–Crippen LogP) is 2.57. The van der Waals surface area contributed by atoms with E-state index in [4.69, 9.17) is 11.6 Å². The summed E-state index contributed by atoms with van der Waals surface area (Å²) < 4.78 is 0. The molecule has 0 aromatic heterocycles. The molecule has 0 heterocycles. The summed E-state index contributed by atoms with van der Waals surface area (Å²) in [4.78, 5) is 2.06. The van der Waals surface area contributed by atoms with Crippen molar-refractivity contribution in [2.45, 2.75) is 44.4 Å². The van der Waals surface area contributed by atoms with E-state index in [-0.39, 0.29) is 18.8 Å². The molecule has 1 aliphatic rings. The minimum absolute atomic E-state index is 0.0812. The Bertz CT molecular complexity index is 411. The van der Waals surface area contributed by atoms with Crippen molar-refractivity contribution in [2.75, 3.05) is 11.9 Å². The van der Waals surface area contributed by atoms with Crippen molar-refractivity contribution < 1.29 is 10.2 Å². The van der Waals surface area contributed by atoms with Gasteiger partial charge in [-0.15, -0.1) is 0 Å². The molecule has 100 valence electrons. The average molecular weight is 270 g/mol. The summed E-state index contributed by atoms with van der Waals surface area (Å²) in [6, 6.07) is 5.71. The highest BCUT2D eigenvalue weighted by Crippen LogP contribution is 2.32. The lowest BCUT2D eigenvalue weighted by atomic mass is 9.91. The Balaban J connectivity index is 2.27. The van der Waals surface area contributed by atoms with Crippen LogP contribution in [0.15, 0.2) is 18.2 Å². The molecule has 0 aliphatic heterocycles. The largest absolute Gasteiger partial charge is 0.392 e. The molecule has 1 aromatic carbocycles. The topological polar surface area (TPSA) is 43.7 Å². The molecule has 3 nitrogen and oxygen atoms in total. The van der Waals surface area contributed by atoms with Gasteiger partial charge >= 0.3 is 0 Å². The molecule has 0 amide bonds. The highest BCUT2D eigenvalue weighted by atomic mass is 35.5. The van der Waals surface area contributed by atoms with Crippen LogP contribution in [0.4, 0.5) is 5.69 Å². The molecule has 1 fully saturated rings. The first-order valence-corrected chi connectivity index (χ1v) is 6.82. The van der Waals surface area contributed by atoms with E-state index >= 15 is 0 Å². The van der Waals surface area contributed by atoms with Gasteiger partial charge in [0, 0.05) is 23.3 Å². The second-order valence-corrected chi connectivity index (χ2v) is 5.33. The fourth-order valence-electron chi connectivity index (χ4n) is 2.76. The number of nitrogens with zero attached hydrogens (tertiary/aromatic N) is 1. The van der Waals surface area contributed by atoms with Crippen LogP contribution in [0.1, 0.15) is 31.2 Å². The number of hydrogen-bond acceptors (Lipinski definition) is 3. The van der Waals surface area contributed by atoms with Gasteiger partial charge in [-0.2, -0.15) is 0 Å². The van der Waals surface area contributed by atoms with E-state index in [0.29, 0.717) is 5.02 Å². The monoisotopic (exact) mass is 269 g/mol. The molecule has 2 unspecified atom stereocenters. The smallest absolute Gasteiger partial charge is 0.0743 e. The van der Waals surface area contributed by atoms with Crippen LogP contribution in [0.3, 0.4) is 0 Å². The van der Waals surface area contributed by atoms with E-state index in [1.165, 1.54) is 0 Å². The van der Waals surface area contributed by atoms with Crippen molar-refractivity contribution in [3.05, 3.63) is 28.8 Å². The van der Waals surface area contributed by atoms with Crippen LogP contribution in [-0.4, -0.2) is 29.4 Å². The Morgan fingerprint density at radius 1 is 1.33 bits per heavy atom. The number of anilines is 1. The van der Waals surface area contributed by atoms with E-state index in [2.05, 4.69) is 4.90 Å². The first kappa shape index (κ1) is 13.7. The summed E-state index contributed by atoms with van der Waals surface area (Å²) in [7, 11) is 1.96. The van der Waals surface area contributed by atoms with Gasteiger partial charge in [-0.3, -0.25) is 0 Å². The van der Waals surface area contributed by atoms with Gasteiger partial charge in [-0.25, -0.2) is 0 Å². The van der Waals surface area contributed by atoms with E-state index < -0.39 is 0 Å². The Morgan fingerprint density at radius 2 is 2.06 bits per heavy atom. The van der Waals surface area contributed by atoms with Crippen LogP contribution in [0.25, 0.3) is 0 Å². The Labute approximate surface area is 113 Å². The van der Waals surface area contributed by atoms with Crippen LogP contribution in [0.5, 0.6) is 0 Å². The zero-order valence-corrected chi connectivity index (χ0v) is 11.4. The van der Waals surface area contributed by atoms with Crippen molar-refractivity contribution in [2.24, 2.45) is 0 Å². The number of aliphatic hydroxyl groups excluding tert-OH is 2. The van der Waals surface area contributed by atoms with Crippen molar-refractivity contribution in [3.8, 4) is 0 Å². The van der Waals surface area contributed by atoms with E-state index in [9.17, 15) is 10.2 Å². The van der Waals surface area contributed by atoms with Gasteiger partial charge in [0.2, 0.25) is 0 Å². The van der Waals surface area contributed by atoms with Crippen LogP contribution in [0.2, 0.25) is 5.02 Å². The average Bonchev–Trinajstić information content (AvgIpc) is 2.38. The van der Waals surface area contributed by atoms with Crippen LogP contribution >= 0.6 is 11.6 Å². The fraction of sp³-hybridized carbons (Fsp3) is 0.571. The molecular weight excluding hydrogens is 250 g/mol. The fourth-order valence-corrected chi connectivity index (χ4v) is 2.99. The quantitative estimate of drug-likeness (QED) is 0.886. The molecule has 2 rings (SSSR count). The number of aliphatic hydroxyl groups is 2. The lowest BCUT2D eigenvalue weighted by Gasteiger charge is -2.37. The van der Waals surface area contributed by atoms with Gasteiger partial charge in [0.1, 0.15) is 0 Å². The van der Waals surface area contributed by atoms with Gasteiger partial charge < -0.3 is 15.1 Å². The molecule has 1 aromatic rings. The second-order valence-electron chi connectivity index (χ2n) is 4.93. The van der Waals surface area contributed by atoms with E-state index in [1.54, 1.807) is 6.07 Å². The Kier molecular flexibility index (Phi) is 4.49. The van der Waals surface area contributed by atoms with Crippen molar-refractivity contribution >= 4 is 17.3 Å². The molecule has 4 heteroatoms. The van der Waals surface area contributed by atoms with Crippen LogP contribution in [-0.2, 0) is 6.61 Å². The molecule has 0 saturated heterocycles. The number of likely N-dealkylation sites (N-methyl/N-ethyl adjacent to an activating group) is 1. The summed E-state index contributed by atoms with van der Waals surface area (Å²) >= 11 is 6.10. The molecular formula is C14H20ClNO2. The lowest BCUT2D eigenvalue weighted by Crippen LogP contribution is -2.43. The highest BCUT2D eigenvalue weighted by molar-refractivity contribution is 6.31. The van der Waals surface area contributed by atoms with Crippen LogP contribution < -0.4 is 4.90 Å². The zero-order valence-electron chi connectivity index (χ0n) is 10.6. The van der Waals surface area contributed by atoms with Gasteiger partial charge in [-0.05, 0) is 25.0 Å². The Hall–Kier alpha value is -0.770. The molecule has 0 spiro atoms. The third kappa shape index (κ3) is 2.63. The van der Waals surface area contributed by atoms with E-state index in [1.807, 2.05) is 19.2 Å². The molecule has 0 bridgehead atoms. The zero-order chi connectivity index (χ0) is 13.1. The third-order valence-corrected chi connectivity index (χ3v) is 4.18. The molecule has 1 aliphatic carbocycles. The maximum atomic E-state index is 10.1. The summed E-state index contributed by atoms with van der Waals surface area (Å²) in [5.41, 5.74) is 1.65. The normalized spacial score (nSPS) is 24.0. The highest BCUT2D eigenvalue weighted by Gasteiger charge is 2.28. The SMILES string of the molecule is CN(c1cccc(Cl)c1CO)C1CCCCC1O. The summed E-state index contributed by atoms with van der Waals surface area (Å²) in [6.45, 7) is -0.0812. The first-order valence-electron chi connectivity index (χ1n) is 6.44. The minimum atomic E-state index is -0.297. The maximum absolute atomic E-state index is 10.1. The van der Waals surface area contributed by atoms with Crippen molar-refractivity contribution in [3.63, 3.8) is 0 Å². The van der Waals surface area contributed by atoms with Gasteiger partial charge in [0.15, 0.2) is 0 Å². The molecule has 0 radical (unpaired) electrons. The third-order valence-electron chi connectivity index (χ3n) is 3.82. The second kappa shape index (κ2) is 5.91.